The molecule has 0 bridgehead atoms. The predicted molar refractivity (Wildman–Crippen MR) is 115 cm³/mol. The van der Waals surface area contributed by atoms with Gasteiger partial charge in [-0.05, 0) is 17.7 Å². The molecule has 0 saturated carbocycles. The zero-order valence-corrected chi connectivity index (χ0v) is 17.3. The summed E-state index contributed by atoms with van der Waals surface area (Å²) in [7, 11) is 1.63. The summed E-state index contributed by atoms with van der Waals surface area (Å²) in [6.45, 7) is 6.02. The van der Waals surface area contributed by atoms with Crippen LogP contribution >= 0.6 is 0 Å². The van der Waals surface area contributed by atoms with Gasteiger partial charge in [0.05, 0.1) is 7.11 Å². The van der Waals surface area contributed by atoms with Crippen molar-refractivity contribution in [2.24, 2.45) is 5.92 Å². The minimum absolute atomic E-state index is 0.0254. The van der Waals surface area contributed by atoms with Gasteiger partial charge in [0.1, 0.15) is 5.75 Å². The van der Waals surface area contributed by atoms with Crippen molar-refractivity contribution in [3.05, 3.63) is 65.7 Å². The van der Waals surface area contributed by atoms with Gasteiger partial charge in [-0.3, -0.25) is 9.59 Å². The Kier molecular flexibility index (Phi) is 6.70. The number of para-hydroxylation sites is 1. The lowest BCUT2D eigenvalue weighted by Crippen LogP contribution is -2.51. The number of piperazine rings is 1. The number of carbonyl (C=O) groups is 2. The number of rotatable bonds is 5. The molecule has 0 aliphatic carbocycles. The van der Waals surface area contributed by atoms with E-state index in [0.29, 0.717) is 31.8 Å². The SMILES string of the molecule is COc1ccccc1/C=C(/C(=O)N1CCN(C(=O)C(C)C)CC1)c1ccccc1. The van der Waals surface area contributed by atoms with Crippen molar-refractivity contribution in [2.45, 2.75) is 13.8 Å². The van der Waals surface area contributed by atoms with Gasteiger partial charge in [0.2, 0.25) is 5.91 Å². The average Bonchev–Trinajstić information content (AvgIpc) is 2.77. The topological polar surface area (TPSA) is 49.9 Å². The first kappa shape index (κ1) is 20.6. The molecule has 1 aliphatic heterocycles. The zero-order valence-electron chi connectivity index (χ0n) is 17.3. The maximum Gasteiger partial charge on any atom is 0.254 e. The third-order valence-corrected chi connectivity index (χ3v) is 5.13. The number of nitrogens with zero attached hydrogens (tertiary/aromatic N) is 2. The van der Waals surface area contributed by atoms with Crippen molar-refractivity contribution < 1.29 is 14.3 Å². The van der Waals surface area contributed by atoms with Gasteiger partial charge in [-0.1, -0.05) is 62.4 Å². The van der Waals surface area contributed by atoms with Crippen LogP contribution in [0.15, 0.2) is 54.6 Å². The lowest BCUT2D eigenvalue weighted by Gasteiger charge is -2.36. The molecule has 2 aromatic carbocycles. The van der Waals surface area contributed by atoms with Gasteiger partial charge in [0.15, 0.2) is 0 Å². The smallest absolute Gasteiger partial charge is 0.254 e. The van der Waals surface area contributed by atoms with Crippen molar-refractivity contribution in [3.8, 4) is 5.75 Å². The molecular weight excluding hydrogens is 364 g/mol. The van der Waals surface area contributed by atoms with Crippen LogP contribution in [0.5, 0.6) is 5.75 Å². The molecule has 1 aliphatic rings. The highest BCUT2D eigenvalue weighted by atomic mass is 16.5. The number of hydrogen-bond donors (Lipinski definition) is 0. The van der Waals surface area contributed by atoms with Gasteiger partial charge in [0.25, 0.3) is 5.91 Å². The van der Waals surface area contributed by atoms with Crippen LogP contribution in [-0.2, 0) is 9.59 Å². The second kappa shape index (κ2) is 9.41. The van der Waals surface area contributed by atoms with E-state index in [0.717, 1.165) is 16.9 Å². The molecule has 0 atom stereocenters. The third kappa shape index (κ3) is 4.86. The van der Waals surface area contributed by atoms with Crippen LogP contribution in [0.4, 0.5) is 0 Å². The zero-order chi connectivity index (χ0) is 20.8. The Morgan fingerprint density at radius 2 is 1.48 bits per heavy atom. The number of ether oxygens (including phenoxy) is 1. The summed E-state index contributed by atoms with van der Waals surface area (Å²) in [5, 5.41) is 0. The van der Waals surface area contributed by atoms with Crippen LogP contribution < -0.4 is 4.74 Å². The normalized spacial score (nSPS) is 14.8. The second-order valence-corrected chi connectivity index (χ2v) is 7.44. The Bertz CT molecular complexity index is 882. The molecule has 0 N–H and O–H groups in total. The first-order valence-electron chi connectivity index (χ1n) is 9.99. The fourth-order valence-electron chi connectivity index (χ4n) is 3.49. The number of carbonyl (C=O) groups excluding carboxylic acids is 2. The highest BCUT2D eigenvalue weighted by molar-refractivity contribution is 6.24. The minimum Gasteiger partial charge on any atom is -0.496 e. The summed E-state index contributed by atoms with van der Waals surface area (Å²) in [5.74, 6) is 0.812. The molecule has 5 heteroatoms. The van der Waals surface area contributed by atoms with Gasteiger partial charge in [0, 0.05) is 43.2 Å². The summed E-state index contributed by atoms with van der Waals surface area (Å²) < 4.78 is 5.46. The molecule has 2 aromatic rings. The number of benzene rings is 2. The van der Waals surface area contributed by atoms with Gasteiger partial charge in [-0.2, -0.15) is 0 Å². The predicted octanol–water partition coefficient (Wildman–Crippen LogP) is 3.56. The van der Waals surface area contributed by atoms with E-state index in [1.807, 2.05) is 84.3 Å². The van der Waals surface area contributed by atoms with Gasteiger partial charge in [-0.15, -0.1) is 0 Å². The van der Waals surface area contributed by atoms with Crippen molar-refractivity contribution in [2.75, 3.05) is 33.3 Å². The van der Waals surface area contributed by atoms with Crippen molar-refractivity contribution in [3.63, 3.8) is 0 Å². The summed E-state index contributed by atoms with van der Waals surface area (Å²) in [5.41, 5.74) is 2.35. The minimum atomic E-state index is -0.0289. The maximum absolute atomic E-state index is 13.4. The van der Waals surface area contributed by atoms with E-state index in [4.69, 9.17) is 4.74 Å². The van der Waals surface area contributed by atoms with Crippen molar-refractivity contribution >= 4 is 23.5 Å². The molecule has 152 valence electrons. The van der Waals surface area contributed by atoms with Crippen LogP contribution in [0.3, 0.4) is 0 Å². The van der Waals surface area contributed by atoms with Crippen molar-refractivity contribution in [1.29, 1.82) is 0 Å². The van der Waals surface area contributed by atoms with Crippen LogP contribution in [0, 0.1) is 5.92 Å². The highest BCUT2D eigenvalue weighted by Gasteiger charge is 2.27. The summed E-state index contributed by atoms with van der Waals surface area (Å²) >= 11 is 0. The highest BCUT2D eigenvalue weighted by Crippen LogP contribution is 2.26. The van der Waals surface area contributed by atoms with Crippen LogP contribution in [0.1, 0.15) is 25.0 Å². The third-order valence-electron chi connectivity index (χ3n) is 5.13. The Hall–Kier alpha value is -3.08. The van der Waals surface area contributed by atoms with Gasteiger partial charge in [-0.25, -0.2) is 0 Å². The fraction of sp³-hybridized carbons (Fsp3) is 0.333. The standard InChI is InChI=1S/C24H28N2O3/c1-18(2)23(27)25-13-15-26(16-14-25)24(28)21(19-9-5-4-6-10-19)17-20-11-7-8-12-22(20)29-3/h4-12,17-18H,13-16H2,1-3H3/b21-17+. The van der Waals surface area contributed by atoms with Crippen LogP contribution in [0.2, 0.25) is 0 Å². The molecule has 0 aromatic heterocycles. The lowest BCUT2D eigenvalue weighted by molar-refractivity contribution is -0.139. The second-order valence-electron chi connectivity index (χ2n) is 7.44. The van der Waals surface area contributed by atoms with E-state index in [1.54, 1.807) is 7.11 Å². The molecule has 0 radical (unpaired) electrons. The molecule has 3 rings (SSSR count). The lowest BCUT2D eigenvalue weighted by atomic mass is 10.0. The van der Waals surface area contributed by atoms with Crippen molar-refractivity contribution in [1.82, 2.24) is 9.80 Å². The first-order chi connectivity index (χ1) is 14.0. The molecule has 0 unspecified atom stereocenters. The maximum atomic E-state index is 13.4. The quantitative estimate of drug-likeness (QED) is 0.577. The largest absolute Gasteiger partial charge is 0.496 e. The molecule has 29 heavy (non-hydrogen) atoms. The van der Waals surface area contributed by atoms with E-state index in [1.165, 1.54) is 0 Å². The number of methoxy groups -OCH3 is 1. The van der Waals surface area contributed by atoms with Gasteiger partial charge < -0.3 is 14.5 Å². The van der Waals surface area contributed by atoms with E-state index in [2.05, 4.69) is 0 Å². The Balaban J connectivity index is 1.87. The summed E-state index contributed by atoms with van der Waals surface area (Å²) in [6.07, 6.45) is 1.89. The molecule has 0 spiro atoms. The molecule has 1 heterocycles. The fourth-order valence-corrected chi connectivity index (χ4v) is 3.49. The van der Waals surface area contributed by atoms with E-state index < -0.39 is 0 Å². The first-order valence-corrected chi connectivity index (χ1v) is 9.99. The van der Waals surface area contributed by atoms with Crippen LogP contribution in [-0.4, -0.2) is 54.9 Å². The molecular formula is C24H28N2O3. The number of hydrogen-bond acceptors (Lipinski definition) is 3. The summed E-state index contributed by atoms with van der Waals surface area (Å²) in [6, 6.07) is 17.3. The monoisotopic (exact) mass is 392 g/mol. The van der Waals surface area contributed by atoms with Crippen LogP contribution in [0.25, 0.3) is 11.6 Å². The Morgan fingerprint density at radius 1 is 0.897 bits per heavy atom. The van der Waals surface area contributed by atoms with E-state index >= 15 is 0 Å². The Morgan fingerprint density at radius 3 is 2.10 bits per heavy atom. The van der Waals surface area contributed by atoms with Gasteiger partial charge >= 0.3 is 0 Å². The molecule has 2 amide bonds. The average molecular weight is 392 g/mol. The van der Waals surface area contributed by atoms with E-state index in [-0.39, 0.29) is 17.7 Å². The Labute approximate surface area is 172 Å². The summed E-state index contributed by atoms with van der Waals surface area (Å²) in [4.78, 5) is 29.3. The number of amides is 2. The molecule has 5 nitrogen and oxygen atoms in total. The molecule has 1 saturated heterocycles. The molecule has 1 fully saturated rings. The van der Waals surface area contributed by atoms with E-state index in [9.17, 15) is 9.59 Å².